The van der Waals surface area contributed by atoms with Gasteiger partial charge in [0.05, 0.1) is 5.69 Å². The molecule has 0 amide bonds. The van der Waals surface area contributed by atoms with Crippen molar-refractivity contribution in [1.29, 1.82) is 0 Å². The molecule has 0 saturated heterocycles. The van der Waals surface area contributed by atoms with E-state index in [1.165, 1.54) is 5.56 Å². The summed E-state index contributed by atoms with van der Waals surface area (Å²) in [5.41, 5.74) is 3.23. The third kappa shape index (κ3) is 2.15. The van der Waals surface area contributed by atoms with Gasteiger partial charge in [0.2, 0.25) is 0 Å². The van der Waals surface area contributed by atoms with E-state index in [1.54, 1.807) is 7.11 Å². The van der Waals surface area contributed by atoms with Crippen LogP contribution in [-0.4, -0.2) is 23.6 Å². The van der Waals surface area contributed by atoms with Crippen LogP contribution < -0.4 is 5.32 Å². The van der Waals surface area contributed by atoms with Crippen LogP contribution in [0.5, 0.6) is 0 Å². The van der Waals surface area contributed by atoms with Crippen LogP contribution in [-0.2, 0) is 23.3 Å². The molecule has 1 aliphatic heterocycles. The molecule has 4 nitrogen and oxygen atoms in total. The summed E-state index contributed by atoms with van der Waals surface area (Å²) >= 11 is 0. The predicted octanol–water partition coefficient (Wildman–Crippen LogP) is 2.09. The topological polar surface area (TPSA) is 47.0 Å². The fraction of sp³-hybridized carbons (Fsp3) is 0.714. The van der Waals surface area contributed by atoms with Gasteiger partial charge in [-0.05, 0) is 38.3 Å². The Morgan fingerprint density at radius 1 is 1.28 bits per heavy atom. The Hall–Kier alpha value is -1.00. The van der Waals surface area contributed by atoms with Crippen LogP contribution in [0.25, 0.3) is 0 Å². The van der Waals surface area contributed by atoms with Gasteiger partial charge < -0.3 is 10.1 Å². The predicted molar refractivity (Wildman–Crippen MR) is 71.4 cm³/mol. The van der Waals surface area contributed by atoms with Crippen LogP contribution >= 0.6 is 0 Å². The van der Waals surface area contributed by atoms with Gasteiger partial charge in [0.15, 0.2) is 5.82 Å². The summed E-state index contributed by atoms with van der Waals surface area (Å²) in [6.45, 7) is 8.21. The molecule has 0 fully saturated rings. The molecule has 4 heteroatoms. The van der Waals surface area contributed by atoms with Crippen molar-refractivity contribution in [3.8, 4) is 0 Å². The molecule has 1 N–H and O–H groups in total. The number of methoxy groups -OCH3 is 1. The molecule has 18 heavy (non-hydrogen) atoms. The number of hydrogen-bond donors (Lipinski definition) is 1. The highest BCUT2D eigenvalue weighted by Gasteiger charge is 2.32. The molecule has 100 valence electrons. The third-order valence-corrected chi connectivity index (χ3v) is 4.08. The van der Waals surface area contributed by atoms with Crippen molar-refractivity contribution in [1.82, 2.24) is 15.3 Å². The molecule has 0 unspecified atom stereocenters. The molecule has 0 radical (unpaired) electrons. The summed E-state index contributed by atoms with van der Waals surface area (Å²) in [7, 11) is 1.75. The van der Waals surface area contributed by atoms with E-state index in [-0.39, 0.29) is 5.60 Å². The molecule has 0 saturated carbocycles. The van der Waals surface area contributed by atoms with E-state index in [1.807, 2.05) is 0 Å². The minimum absolute atomic E-state index is 0.336. The molecule has 0 aliphatic carbocycles. The van der Waals surface area contributed by atoms with Crippen molar-refractivity contribution < 1.29 is 4.74 Å². The zero-order chi connectivity index (χ0) is 13.2. The Labute approximate surface area is 109 Å². The first kappa shape index (κ1) is 13.4. The van der Waals surface area contributed by atoms with Gasteiger partial charge in [-0.1, -0.05) is 13.8 Å². The fourth-order valence-electron chi connectivity index (χ4n) is 2.70. The fourth-order valence-corrected chi connectivity index (χ4v) is 2.70. The summed E-state index contributed by atoms with van der Waals surface area (Å²) in [5, 5.41) is 3.37. The average molecular weight is 249 g/mol. The first-order valence-corrected chi connectivity index (χ1v) is 6.79. The number of nitrogens with one attached hydrogen (secondary N) is 1. The van der Waals surface area contributed by atoms with Gasteiger partial charge in [-0.15, -0.1) is 0 Å². The lowest BCUT2D eigenvalue weighted by Gasteiger charge is -2.30. The molecule has 2 rings (SSSR count). The Kier molecular flexibility index (Phi) is 3.97. The number of hydrogen-bond acceptors (Lipinski definition) is 4. The lowest BCUT2D eigenvalue weighted by molar-refractivity contribution is -0.0295. The van der Waals surface area contributed by atoms with Crippen molar-refractivity contribution in [2.75, 3.05) is 13.7 Å². The molecule has 2 heterocycles. The molecule has 1 aromatic heterocycles. The van der Waals surface area contributed by atoms with E-state index in [0.717, 1.165) is 49.6 Å². The molecule has 1 aromatic rings. The second-order valence-electron chi connectivity index (χ2n) is 4.89. The smallest absolute Gasteiger partial charge is 0.160 e. The number of fused-ring (bicyclic) bond motifs is 1. The highest BCUT2D eigenvalue weighted by atomic mass is 16.5. The summed E-state index contributed by atoms with van der Waals surface area (Å²) in [6.07, 6.45) is 2.82. The van der Waals surface area contributed by atoms with Crippen LogP contribution in [0.1, 0.15) is 49.5 Å². The molecule has 0 aromatic carbocycles. The monoisotopic (exact) mass is 249 g/mol. The zero-order valence-electron chi connectivity index (χ0n) is 11.8. The van der Waals surface area contributed by atoms with E-state index < -0.39 is 0 Å². The lowest BCUT2D eigenvalue weighted by atomic mass is 9.94. The molecule has 0 spiro atoms. The summed E-state index contributed by atoms with van der Waals surface area (Å²) < 4.78 is 5.72. The minimum atomic E-state index is -0.336. The number of aryl methyl sites for hydroxylation is 1. The third-order valence-electron chi connectivity index (χ3n) is 4.08. The zero-order valence-corrected chi connectivity index (χ0v) is 11.8. The van der Waals surface area contributed by atoms with Gasteiger partial charge in [-0.25, -0.2) is 9.97 Å². The normalized spacial score (nSPS) is 15.6. The van der Waals surface area contributed by atoms with E-state index in [9.17, 15) is 0 Å². The van der Waals surface area contributed by atoms with Crippen molar-refractivity contribution in [3.05, 3.63) is 22.8 Å². The minimum Gasteiger partial charge on any atom is -0.370 e. The summed E-state index contributed by atoms with van der Waals surface area (Å²) in [5.74, 6) is 0.843. The maximum atomic E-state index is 5.72. The van der Waals surface area contributed by atoms with E-state index in [4.69, 9.17) is 14.7 Å². The lowest BCUT2D eigenvalue weighted by Crippen LogP contribution is -2.33. The van der Waals surface area contributed by atoms with Crippen molar-refractivity contribution in [2.45, 2.75) is 52.2 Å². The first-order valence-electron chi connectivity index (χ1n) is 6.79. The molecular weight excluding hydrogens is 226 g/mol. The maximum Gasteiger partial charge on any atom is 0.160 e. The number of nitrogens with zero attached hydrogens (tertiary/aromatic N) is 2. The van der Waals surface area contributed by atoms with Crippen molar-refractivity contribution in [3.63, 3.8) is 0 Å². The van der Waals surface area contributed by atoms with Crippen LogP contribution in [0.3, 0.4) is 0 Å². The Morgan fingerprint density at radius 2 is 2.00 bits per heavy atom. The Balaban J connectivity index is 2.48. The standard InChI is InChI=1S/C14H23N3O/c1-5-14(6-2,18-4)13-16-10(3)11-7-8-15-9-12(11)17-13/h15H,5-9H2,1-4H3. The largest absolute Gasteiger partial charge is 0.370 e. The van der Waals surface area contributed by atoms with Gasteiger partial charge in [-0.2, -0.15) is 0 Å². The quantitative estimate of drug-likeness (QED) is 0.887. The molecule has 1 aliphatic rings. The van der Waals surface area contributed by atoms with Gasteiger partial charge >= 0.3 is 0 Å². The van der Waals surface area contributed by atoms with Crippen LogP contribution in [0, 0.1) is 6.92 Å². The Morgan fingerprint density at radius 3 is 2.61 bits per heavy atom. The van der Waals surface area contributed by atoms with Crippen molar-refractivity contribution >= 4 is 0 Å². The summed E-state index contributed by atoms with van der Waals surface area (Å²) in [4.78, 5) is 9.47. The van der Waals surface area contributed by atoms with Gasteiger partial charge in [0.25, 0.3) is 0 Å². The van der Waals surface area contributed by atoms with E-state index in [0.29, 0.717) is 0 Å². The van der Waals surface area contributed by atoms with Gasteiger partial charge in [0.1, 0.15) is 5.60 Å². The highest BCUT2D eigenvalue weighted by molar-refractivity contribution is 5.28. The molecular formula is C14H23N3O. The van der Waals surface area contributed by atoms with Gasteiger partial charge in [-0.3, -0.25) is 0 Å². The SMILES string of the molecule is CCC(CC)(OC)c1nc(C)c2c(n1)CNCC2. The van der Waals surface area contributed by atoms with E-state index in [2.05, 4.69) is 26.1 Å². The average Bonchev–Trinajstić information content (AvgIpc) is 2.42. The number of rotatable bonds is 4. The number of aromatic nitrogens is 2. The molecule has 0 bridgehead atoms. The number of ether oxygens (including phenoxy) is 1. The van der Waals surface area contributed by atoms with Crippen molar-refractivity contribution in [2.24, 2.45) is 0 Å². The molecule has 0 atom stereocenters. The van der Waals surface area contributed by atoms with Crippen LogP contribution in [0.2, 0.25) is 0 Å². The van der Waals surface area contributed by atoms with Crippen LogP contribution in [0.15, 0.2) is 0 Å². The second-order valence-corrected chi connectivity index (χ2v) is 4.89. The highest BCUT2D eigenvalue weighted by Crippen LogP contribution is 2.31. The first-order chi connectivity index (χ1) is 8.66. The second kappa shape index (κ2) is 5.33. The Bertz CT molecular complexity index is 419. The maximum absolute atomic E-state index is 5.72. The van der Waals surface area contributed by atoms with E-state index >= 15 is 0 Å². The van der Waals surface area contributed by atoms with Crippen LogP contribution in [0.4, 0.5) is 0 Å². The summed E-state index contributed by atoms with van der Waals surface area (Å²) in [6, 6.07) is 0. The van der Waals surface area contributed by atoms with Gasteiger partial charge in [0, 0.05) is 19.3 Å².